The average molecular weight is 356 g/mol. The van der Waals surface area contributed by atoms with Crippen molar-refractivity contribution in [3.8, 4) is 0 Å². The van der Waals surface area contributed by atoms with Crippen LogP contribution in [0.2, 0.25) is 0 Å². The van der Waals surface area contributed by atoms with Gasteiger partial charge in [-0.05, 0) is 63.3 Å². The first kappa shape index (κ1) is 18.3. The summed E-state index contributed by atoms with van der Waals surface area (Å²) in [5.74, 6) is 0.155. The number of hydrogen-bond acceptors (Lipinski definition) is 4. The van der Waals surface area contributed by atoms with Crippen LogP contribution in [0.1, 0.15) is 35.6 Å². The number of rotatable bonds is 4. The first-order valence-corrected chi connectivity index (χ1v) is 10.6. The number of benzene rings is 1. The summed E-state index contributed by atoms with van der Waals surface area (Å²) in [6.45, 7) is 10.2. The maximum Gasteiger partial charge on any atom is 0.233 e. The van der Waals surface area contributed by atoms with Gasteiger partial charge in [0.1, 0.15) is 0 Å². The second kappa shape index (κ2) is 6.85. The van der Waals surface area contributed by atoms with Gasteiger partial charge in [0.05, 0.1) is 16.8 Å². The number of thioether (sulfide) groups is 1. The van der Waals surface area contributed by atoms with Crippen molar-refractivity contribution in [3.05, 3.63) is 28.3 Å². The van der Waals surface area contributed by atoms with Gasteiger partial charge in [-0.1, -0.05) is 6.07 Å². The summed E-state index contributed by atoms with van der Waals surface area (Å²) >= 11 is 1.56. The van der Waals surface area contributed by atoms with Crippen molar-refractivity contribution in [2.75, 3.05) is 11.5 Å². The maximum absolute atomic E-state index is 12.4. The van der Waals surface area contributed by atoms with Gasteiger partial charge in [0, 0.05) is 10.9 Å². The summed E-state index contributed by atoms with van der Waals surface area (Å²) in [7, 11) is -2.97. The van der Waals surface area contributed by atoms with Gasteiger partial charge < -0.3 is 5.32 Å². The Balaban J connectivity index is 2.08. The largest absolute Gasteiger partial charge is 0.351 e. The van der Waals surface area contributed by atoms with E-state index in [0.717, 1.165) is 4.90 Å². The summed E-state index contributed by atoms with van der Waals surface area (Å²) in [6, 6.07) is 1.93. The Morgan fingerprint density at radius 1 is 1.22 bits per heavy atom. The molecule has 0 aliphatic carbocycles. The standard InChI is InChI=1S/C17H25NO3S2/c1-10-8-11(2)13(4)16(12(10)3)22-14(5)17(19)18-15-6-7-23(20,21)9-15/h8,14-15H,6-7,9H2,1-5H3,(H,18,19). The van der Waals surface area contributed by atoms with Crippen LogP contribution < -0.4 is 5.32 Å². The normalized spacial score (nSPS) is 21.2. The van der Waals surface area contributed by atoms with Crippen molar-refractivity contribution in [2.24, 2.45) is 0 Å². The highest BCUT2D eigenvalue weighted by atomic mass is 32.2. The third kappa shape index (κ3) is 4.29. The summed E-state index contributed by atoms with van der Waals surface area (Å²) in [5, 5.41) is 2.63. The summed E-state index contributed by atoms with van der Waals surface area (Å²) in [4.78, 5) is 13.5. The molecule has 1 fully saturated rings. The minimum Gasteiger partial charge on any atom is -0.351 e. The SMILES string of the molecule is Cc1cc(C)c(C)c(SC(C)C(=O)NC2CCS(=O)(=O)C2)c1C. The van der Waals surface area contributed by atoms with Crippen molar-refractivity contribution in [2.45, 2.75) is 57.2 Å². The molecule has 0 radical (unpaired) electrons. The Labute approximate surface area is 143 Å². The molecule has 1 N–H and O–H groups in total. The second-order valence-corrected chi connectivity index (χ2v) is 10.0. The van der Waals surface area contributed by atoms with Crippen LogP contribution in [0.5, 0.6) is 0 Å². The molecule has 1 amide bonds. The Bertz CT molecular complexity index is 700. The minimum atomic E-state index is -2.97. The Morgan fingerprint density at radius 3 is 2.26 bits per heavy atom. The van der Waals surface area contributed by atoms with Gasteiger partial charge in [-0.3, -0.25) is 4.79 Å². The van der Waals surface area contributed by atoms with Crippen LogP contribution in [-0.2, 0) is 14.6 Å². The first-order chi connectivity index (χ1) is 10.6. The van der Waals surface area contributed by atoms with E-state index in [0.29, 0.717) is 6.42 Å². The lowest BCUT2D eigenvalue weighted by molar-refractivity contribution is -0.120. The number of carbonyl (C=O) groups excluding carboxylic acids is 1. The molecule has 128 valence electrons. The van der Waals surface area contributed by atoms with E-state index in [-0.39, 0.29) is 28.7 Å². The molecule has 0 spiro atoms. The van der Waals surface area contributed by atoms with Crippen LogP contribution in [0.25, 0.3) is 0 Å². The molecule has 0 saturated carbocycles. The predicted octanol–water partition coefficient (Wildman–Crippen LogP) is 2.70. The zero-order valence-corrected chi connectivity index (χ0v) is 16.0. The third-order valence-electron chi connectivity index (χ3n) is 4.54. The van der Waals surface area contributed by atoms with Crippen molar-refractivity contribution in [1.29, 1.82) is 0 Å². The molecule has 23 heavy (non-hydrogen) atoms. The van der Waals surface area contributed by atoms with Gasteiger partial charge in [0.15, 0.2) is 9.84 Å². The highest BCUT2D eigenvalue weighted by Crippen LogP contribution is 2.33. The molecular weight excluding hydrogens is 330 g/mol. The van der Waals surface area contributed by atoms with Crippen LogP contribution in [0.3, 0.4) is 0 Å². The van der Waals surface area contributed by atoms with Crippen LogP contribution in [0.4, 0.5) is 0 Å². The molecule has 2 atom stereocenters. The van der Waals surface area contributed by atoms with E-state index in [1.165, 1.54) is 22.3 Å². The van der Waals surface area contributed by atoms with Gasteiger partial charge in [-0.15, -0.1) is 11.8 Å². The van der Waals surface area contributed by atoms with Crippen molar-refractivity contribution in [1.82, 2.24) is 5.32 Å². The first-order valence-electron chi connectivity index (χ1n) is 7.85. The number of amides is 1. The lowest BCUT2D eigenvalue weighted by Crippen LogP contribution is -2.40. The van der Waals surface area contributed by atoms with Gasteiger partial charge in [0.2, 0.25) is 5.91 Å². The maximum atomic E-state index is 12.4. The van der Waals surface area contributed by atoms with Crippen LogP contribution in [0.15, 0.2) is 11.0 Å². The predicted molar refractivity (Wildman–Crippen MR) is 95.9 cm³/mol. The molecule has 0 aromatic heterocycles. The Morgan fingerprint density at radius 2 is 1.78 bits per heavy atom. The summed E-state index contributed by atoms with van der Waals surface area (Å²) < 4.78 is 23.0. The van der Waals surface area contributed by atoms with E-state index < -0.39 is 9.84 Å². The van der Waals surface area contributed by atoms with Crippen LogP contribution in [-0.4, -0.2) is 37.1 Å². The molecule has 1 saturated heterocycles. The topological polar surface area (TPSA) is 63.2 Å². The van der Waals surface area contributed by atoms with Crippen molar-refractivity contribution in [3.63, 3.8) is 0 Å². The van der Waals surface area contributed by atoms with E-state index in [1.54, 1.807) is 11.8 Å². The second-order valence-electron chi connectivity index (χ2n) is 6.46. The molecule has 1 aliphatic heterocycles. The fourth-order valence-electron chi connectivity index (χ4n) is 2.82. The quantitative estimate of drug-likeness (QED) is 0.844. The van der Waals surface area contributed by atoms with E-state index in [4.69, 9.17) is 0 Å². The van der Waals surface area contributed by atoms with Crippen LogP contribution >= 0.6 is 11.8 Å². The fourth-order valence-corrected chi connectivity index (χ4v) is 5.69. The molecule has 2 unspecified atom stereocenters. The van der Waals surface area contributed by atoms with E-state index in [2.05, 4.69) is 39.1 Å². The zero-order valence-electron chi connectivity index (χ0n) is 14.4. The molecule has 1 aliphatic rings. The van der Waals surface area contributed by atoms with Crippen LogP contribution in [0, 0.1) is 27.7 Å². The number of aryl methyl sites for hydroxylation is 2. The van der Waals surface area contributed by atoms with Crippen molar-refractivity contribution < 1.29 is 13.2 Å². The monoisotopic (exact) mass is 355 g/mol. The highest BCUT2D eigenvalue weighted by Gasteiger charge is 2.30. The smallest absolute Gasteiger partial charge is 0.233 e. The lowest BCUT2D eigenvalue weighted by Gasteiger charge is -2.19. The van der Waals surface area contributed by atoms with Crippen molar-refractivity contribution >= 4 is 27.5 Å². The van der Waals surface area contributed by atoms with E-state index >= 15 is 0 Å². The number of carbonyl (C=O) groups is 1. The molecule has 4 nitrogen and oxygen atoms in total. The lowest BCUT2D eigenvalue weighted by atomic mass is 10.0. The number of hydrogen-bond donors (Lipinski definition) is 1. The van der Waals surface area contributed by atoms with Gasteiger partial charge in [-0.2, -0.15) is 0 Å². The van der Waals surface area contributed by atoms with Gasteiger partial charge in [-0.25, -0.2) is 8.42 Å². The third-order valence-corrected chi connectivity index (χ3v) is 7.72. The zero-order chi connectivity index (χ0) is 17.4. The minimum absolute atomic E-state index is 0.0672. The van der Waals surface area contributed by atoms with E-state index in [9.17, 15) is 13.2 Å². The molecule has 1 heterocycles. The fraction of sp³-hybridized carbons (Fsp3) is 0.588. The molecule has 1 aromatic rings. The number of nitrogens with one attached hydrogen (secondary N) is 1. The van der Waals surface area contributed by atoms with Gasteiger partial charge >= 0.3 is 0 Å². The highest BCUT2D eigenvalue weighted by molar-refractivity contribution is 8.00. The Hall–Kier alpha value is -1.01. The average Bonchev–Trinajstić information content (AvgIpc) is 2.80. The Kier molecular flexibility index (Phi) is 5.46. The van der Waals surface area contributed by atoms with Gasteiger partial charge in [0.25, 0.3) is 0 Å². The summed E-state index contributed by atoms with van der Waals surface area (Å²) in [6.07, 6.45) is 0.521. The molecule has 0 bridgehead atoms. The molecular formula is C17H25NO3S2. The molecule has 6 heteroatoms. The van der Waals surface area contributed by atoms with E-state index in [1.807, 2.05) is 6.92 Å². The molecule has 2 rings (SSSR count). The molecule has 1 aromatic carbocycles. The summed E-state index contributed by atoms with van der Waals surface area (Å²) in [5.41, 5.74) is 4.87. The number of sulfone groups is 1.